The summed E-state index contributed by atoms with van der Waals surface area (Å²) in [5.74, 6) is 0.718. The van der Waals surface area contributed by atoms with Crippen molar-refractivity contribution in [1.82, 2.24) is 15.1 Å². The lowest BCUT2D eigenvalue weighted by atomic mass is 10.1. The maximum Gasteiger partial charge on any atom is 0.0537 e. The monoisotopic (exact) mass is 223 g/mol. The van der Waals surface area contributed by atoms with E-state index in [-0.39, 0.29) is 0 Å². The van der Waals surface area contributed by atoms with Gasteiger partial charge < -0.3 is 5.32 Å². The van der Waals surface area contributed by atoms with Gasteiger partial charge in [-0.3, -0.25) is 4.68 Å². The lowest BCUT2D eigenvalue weighted by molar-refractivity contribution is 0.414. The quantitative estimate of drug-likeness (QED) is 0.770. The predicted octanol–water partition coefficient (Wildman–Crippen LogP) is 2.74. The van der Waals surface area contributed by atoms with Gasteiger partial charge in [0.15, 0.2) is 0 Å². The Morgan fingerprint density at radius 2 is 2.19 bits per heavy atom. The van der Waals surface area contributed by atoms with Gasteiger partial charge in [0.25, 0.3) is 0 Å². The third kappa shape index (κ3) is 3.63. The predicted molar refractivity (Wildman–Crippen MR) is 68.4 cm³/mol. The second-order valence-corrected chi connectivity index (χ2v) is 4.61. The van der Waals surface area contributed by atoms with Crippen molar-refractivity contribution in [2.45, 2.75) is 53.6 Å². The van der Waals surface area contributed by atoms with Crippen LogP contribution in [0.5, 0.6) is 0 Å². The van der Waals surface area contributed by atoms with Gasteiger partial charge in [-0.25, -0.2) is 0 Å². The fourth-order valence-electron chi connectivity index (χ4n) is 1.98. The Bertz CT molecular complexity index is 304. The summed E-state index contributed by atoms with van der Waals surface area (Å²) in [5.41, 5.74) is 2.63. The highest BCUT2D eigenvalue weighted by molar-refractivity contribution is 5.15. The molecule has 16 heavy (non-hydrogen) atoms. The average molecular weight is 223 g/mol. The van der Waals surface area contributed by atoms with E-state index in [4.69, 9.17) is 0 Å². The molecule has 0 bridgehead atoms. The van der Waals surface area contributed by atoms with Gasteiger partial charge in [0.05, 0.1) is 6.20 Å². The van der Waals surface area contributed by atoms with Crippen molar-refractivity contribution < 1.29 is 0 Å². The largest absolute Gasteiger partial charge is 0.313 e. The first-order valence-electron chi connectivity index (χ1n) is 6.41. The molecule has 1 atom stereocenters. The summed E-state index contributed by atoms with van der Waals surface area (Å²) in [6, 6.07) is 0. The molecule has 1 aromatic rings. The first-order chi connectivity index (χ1) is 7.69. The Morgan fingerprint density at radius 1 is 1.44 bits per heavy atom. The van der Waals surface area contributed by atoms with Crippen molar-refractivity contribution in [3.63, 3.8) is 0 Å². The molecule has 0 fully saturated rings. The number of hydrogen-bond acceptors (Lipinski definition) is 2. The van der Waals surface area contributed by atoms with Crippen LogP contribution in [0.2, 0.25) is 0 Å². The summed E-state index contributed by atoms with van der Waals surface area (Å²) in [6.07, 6.45) is 4.53. The van der Waals surface area contributed by atoms with Crippen LogP contribution in [0, 0.1) is 12.8 Å². The van der Waals surface area contributed by atoms with Crippen molar-refractivity contribution in [1.29, 1.82) is 0 Å². The lowest BCUT2D eigenvalue weighted by Gasteiger charge is -2.12. The van der Waals surface area contributed by atoms with Crippen LogP contribution in [0.3, 0.4) is 0 Å². The molecule has 0 radical (unpaired) electrons. The van der Waals surface area contributed by atoms with Crippen molar-refractivity contribution in [3.05, 3.63) is 17.5 Å². The number of hydrogen-bond donors (Lipinski definition) is 1. The molecule has 0 aliphatic rings. The van der Waals surface area contributed by atoms with Gasteiger partial charge in [-0.05, 0) is 25.8 Å². The van der Waals surface area contributed by atoms with Crippen molar-refractivity contribution in [3.8, 4) is 0 Å². The van der Waals surface area contributed by atoms with Gasteiger partial charge in [0.2, 0.25) is 0 Å². The molecule has 0 amide bonds. The molecule has 3 heteroatoms. The Morgan fingerprint density at radius 3 is 2.81 bits per heavy atom. The Labute approximate surface area is 99.2 Å². The highest BCUT2D eigenvalue weighted by Crippen LogP contribution is 2.12. The zero-order valence-corrected chi connectivity index (χ0v) is 11.1. The maximum atomic E-state index is 4.47. The second kappa shape index (κ2) is 6.69. The zero-order valence-electron chi connectivity index (χ0n) is 11.1. The molecule has 1 aromatic heterocycles. The van der Waals surface area contributed by atoms with Gasteiger partial charge in [-0.2, -0.15) is 5.10 Å². The molecular formula is C13H25N3. The SMILES string of the molecule is CCCC(C)Cn1ncc(CNCC)c1C. The van der Waals surface area contributed by atoms with Crippen LogP contribution >= 0.6 is 0 Å². The topological polar surface area (TPSA) is 29.9 Å². The molecule has 0 saturated carbocycles. The van der Waals surface area contributed by atoms with E-state index >= 15 is 0 Å². The van der Waals surface area contributed by atoms with Crippen LogP contribution in [0.1, 0.15) is 44.9 Å². The number of rotatable bonds is 7. The molecule has 1 heterocycles. The van der Waals surface area contributed by atoms with Crippen molar-refractivity contribution in [2.24, 2.45) is 5.92 Å². The average Bonchev–Trinajstić information content (AvgIpc) is 2.58. The zero-order chi connectivity index (χ0) is 12.0. The van der Waals surface area contributed by atoms with E-state index in [0.29, 0.717) is 0 Å². The second-order valence-electron chi connectivity index (χ2n) is 4.61. The fraction of sp³-hybridized carbons (Fsp3) is 0.769. The molecule has 1 rings (SSSR count). The lowest BCUT2D eigenvalue weighted by Crippen LogP contribution is -2.14. The van der Waals surface area contributed by atoms with Crippen LogP contribution in [0.25, 0.3) is 0 Å². The van der Waals surface area contributed by atoms with Gasteiger partial charge in [-0.1, -0.05) is 27.2 Å². The summed E-state index contributed by atoms with van der Waals surface area (Å²) in [6.45, 7) is 11.8. The standard InChI is InChI=1S/C13H25N3/c1-5-7-11(3)10-16-12(4)13(9-15-16)8-14-6-2/h9,11,14H,5-8,10H2,1-4H3. The smallest absolute Gasteiger partial charge is 0.0537 e. The van der Waals surface area contributed by atoms with Gasteiger partial charge in [0.1, 0.15) is 0 Å². The minimum Gasteiger partial charge on any atom is -0.313 e. The first kappa shape index (κ1) is 13.2. The maximum absolute atomic E-state index is 4.47. The van der Waals surface area contributed by atoms with Gasteiger partial charge in [-0.15, -0.1) is 0 Å². The normalized spacial score (nSPS) is 13.0. The van der Waals surface area contributed by atoms with E-state index in [1.165, 1.54) is 24.1 Å². The van der Waals surface area contributed by atoms with E-state index in [1.54, 1.807) is 0 Å². The summed E-state index contributed by atoms with van der Waals surface area (Å²) in [7, 11) is 0. The number of nitrogens with one attached hydrogen (secondary N) is 1. The van der Waals surface area contributed by atoms with Crippen LogP contribution in [0.4, 0.5) is 0 Å². The molecule has 0 aliphatic heterocycles. The highest BCUT2D eigenvalue weighted by Gasteiger charge is 2.08. The summed E-state index contributed by atoms with van der Waals surface area (Å²) >= 11 is 0. The Hall–Kier alpha value is -0.830. The van der Waals surface area contributed by atoms with Crippen LogP contribution in [-0.4, -0.2) is 16.3 Å². The Balaban J connectivity index is 2.57. The van der Waals surface area contributed by atoms with Crippen LogP contribution < -0.4 is 5.32 Å². The summed E-state index contributed by atoms with van der Waals surface area (Å²) in [4.78, 5) is 0. The third-order valence-corrected chi connectivity index (χ3v) is 3.04. The van der Waals surface area contributed by atoms with Crippen molar-refractivity contribution >= 4 is 0 Å². The van der Waals surface area contributed by atoms with Crippen molar-refractivity contribution in [2.75, 3.05) is 6.54 Å². The van der Waals surface area contributed by atoms with Gasteiger partial charge in [0, 0.05) is 24.3 Å². The molecule has 0 aliphatic carbocycles. The minimum absolute atomic E-state index is 0.718. The minimum atomic E-state index is 0.718. The van der Waals surface area contributed by atoms with E-state index in [0.717, 1.165) is 25.6 Å². The summed E-state index contributed by atoms with van der Waals surface area (Å²) < 4.78 is 2.15. The molecular weight excluding hydrogens is 198 g/mol. The number of aromatic nitrogens is 2. The van der Waals surface area contributed by atoms with Gasteiger partial charge >= 0.3 is 0 Å². The van der Waals surface area contributed by atoms with E-state index in [2.05, 4.69) is 42.8 Å². The fourth-order valence-corrected chi connectivity index (χ4v) is 1.98. The molecule has 1 N–H and O–H groups in total. The van der Waals surface area contributed by atoms with E-state index in [1.807, 2.05) is 6.20 Å². The molecule has 0 spiro atoms. The Kier molecular flexibility index (Phi) is 5.53. The summed E-state index contributed by atoms with van der Waals surface area (Å²) in [5, 5.41) is 7.81. The van der Waals surface area contributed by atoms with Crippen LogP contribution in [-0.2, 0) is 13.1 Å². The first-order valence-corrected chi connectivity index (χ1v) is 6.41. The van der Waals surface area contributed by atoms with E-state index < -0.39 is 0 Å². The molecule has 0 saturated heterocycles. The number of nitrogens with zero attached hydrogens (tertiary/aromatic N) is 2. The molecule has 1 unspecified atom stereocenters. The third-order valence-electron chi connectivity index (χ3n) is 3.04. The van der Waals surface area contributed by atoms with Crippen LogP contribution in [0.15, 0.2) is 6.20 Å². The molecule has 3 nitrogen and oxygen atoms in total. The molecule has 92 valence electrons. The highest BCUT2D eigenvalue weighted by atomic mass is 15.3. The van der Waals surface area contributed by atoms with E-state index in [9.17, 15) is 0 Å². The molecule has 0 aromatic carbocycles.